The summed E-state index contributed by atoms with van der Waals surface area (Å²) >= 11 is 0. The van der Waals surface area contributed by atoms with Crippen LogP contribution in [0.15, 0.2) is 0 Å². The van der Waals surface area contributed by atoms with Crippen LogP contribution in [0.3, 0.4) is 0 Å². The third kappa shape index (κ3) is 26.2. The maximum atomic E-state index is 9.60. The molecular weight excluding hydrogens is 370 g/mol. The fraction of sp³-hybridized carbons (Fsp3) is 1.00. The van der Waals surface area contributed by atoms with Gasteiger partial charge in [-0.1, -0.05) is 97.3 Å². The number of hydrogen-bond donors (Lipinski definition) is 2. The SMILES string of the molecule is CCCCCCCCCCCC[N+](C)(C)C(C)O.CCCCCCCCO.[Cl-]. The van der Waals surface area contributed by atoms with Gasteiger partial charge in [0.1, 0.15) is 0 Å². The van der Waals surface area contributed by atoms with Crippen molar-refractivity contribution in [2.45, 2.75) is 130 Å². The van der Waals surface area contributed by atoms with Crippen molar-refractivity contribution in [1.82, 2.24) is 0 Å². The summed E-state index contributed by atoms with van der Waals surface area (Å²) in [6.07, 6.45) is 21.0. The molecule has 0 radical (unpaired) electrons. The van der Waals surface area contributed by atoms with E-state index in [2.05, 4.69) is 27.9 Å². The molecule has 0 aromatic rings. The highest BCUT2D eigenvalue weighted by molar-refractivity contribution is 4.48. The number of rotatable bonds is 18. The second kappa shape index (κ2) is 25.2. The van der Waals surface area contributed by atoms with Crippen molar-refractivity contribution in [1.29, 1.82) is 0 Å². The Labute approximate surface area is 184 Å². The van der Waals surface area contributed by atoms with E-state index in [0.717, 1.165) is 17.4 Å². The zero-order valence-corrected chi connectivity index (χ0v) is 20.8. The molecule has 0 spiro atoms. The minimum atomic E-state index is -0.247. The Balaban J connectivity index is -0.000000530. The van der Waals surface area contributed by atoms with Crippen LogP contribution in [0.2, 0.25) is 0 Å². The zero-order valence-electron chi connectivity index (χ0n) is 20.0. The lowest BCUT2D eigenvalue weighted by molar-refractivity contribution is -0.934. The van der Waals surface area contributed by atoms with Crippen molar-refractivity contribution < 1.29 is 27.1 Å². The van der Waals surface area contributed by atoms with Gasteiger partial charge >= 0.3 is 0 Å². The predicted molar refractivity (Wildman–Crippen MR) is 121 cm³/mol. The van der Waals surface area contributed by atoms with Crippen molar-refractivity contribution in [2.75, 3.05) is 27.2 Å². The van der Waals surface area contributed by atoms with Gasteiger partial charge in [-0.25, -0.2) is 0 Å². The predicted octanol–water partition coefficient (Wildman–Crippen LogP) is 3.67. The summed E-state index contributed by atoms with van der Waals surface area (Å²) in [7, 11) is 4.22. The first-order valence-corrected chi connectivity index (χ1v) is 12.0. The maximum Gasteiger partial charge on any atom is 0.187 e. The van der Waals surface area contributed by atoms with Crippen LogP contribution in [0.25, 0.3) is 0 Å². The van der Waals surface area contributed by atoms with Crippen molar-refractivity contribution in [3.8, 4) is 0 Å². The Morgan fingerprint density at radius 3 is 1.25 bits per heavy atom. The quantitative estimate of drug-likeness (QED) is 0.200. The molecule has 0 heterocycles. The van der Waals surface area contributed by atoms with Gasteiger partial charge in [-0.3, -0.25) is 0 Å². The molecule has 1 atom stereocenters. The van der Waals surface area contributed by atoms with Crippen LogP contribution >= 0.6 is 0 Å². The maximum absolute atomic E-state index is 9.60. The molecule has 0 aliphatic heterocycles. The summed E-state index contributed by atoms with van der Waals surface area (Å²) < 4.78 is 0.733. The van der Waals surface area contributed by atoms with Crippen molar-refractivity contribution in [2.24, 2.45) is 0 Å². The molecule has 0 aliphatic rings. The molecule has 0 aliphatic carbocycles. The summed E-state index contributed by atoms with van der Waals surface area (Å²) in [6, 6.07) is 0. The molecule has 0 saturated heterocycles. The summed E-state index contributed by atoms with van der Waals surface area (Å²) in [5, 5.41) is 18.0. The number of unbranched alkanes of at least 4 members (excludes halogenated alkanes) is 14. The molecule has 174 valence electrons. The lowest BCUT2D eigenvalue weighted by atomic mass is 10.1. The first-order chi connectivity index (χ1) is 12.9. The number of halogens is 1. The lowest BCUT2D eigenvalue weighted by Crippen LogP contribution is -3.00. The third-order valence-corrected chi connectivity index (χ3v) is 5.61. The van der Waals surface area contributed by atoms with Gasteiger partial charge in [0, 0.05) is 13.5 Å². The molecule has 0 saturated carbocycles. The average molecular weight is 424 g/mol. The Morgan fingerprint density at radius 1 is 0.607 bits per heavy atom. The largest absolute Gasteiger partial charge is 1.00 e. The molecule has 0 aromatic carbocycles. The Morgan fingerprint density at radius 2 is 0.929 bits per heavy atom. The molecule has 0 aromatic heterocycles. The second-order valence-corrected chi connectivity index (χ2v) is 8.81. The molecule has 0 bridgehead atoms. The molecule has 28 heavy (non-hydrogen) atoms. The lowest BCUT2D eigenvalue weighted by Gasteiger charge is -2.32. The molecule has 4 heteroatoms. The number of hydrogen-bond acceptors (Lipinski definition) is 2. The van der Waals surface area contributed by atoms with Crippen LogP contribution in [-0.2, 0) is 0 Å². The number of nitrogens with zero attached hydrogens (tertiary/aromatic N) is 1. The van der Waals surface area contributed by atoms with E-state index >= 15 is 0 Å². The molecule has 0 rings (SSSR count). The molecule has 0 fully saturated rings. The van der Waals surface area contributed by atoms with E-state index in [9.17, 15) is 5.11 Å². The second-order valence-electron chi connectivity index (χ2n) is 8.81. The van der Waals surface area contributed by atoms with E-state index in [1.165, 1.54) is 96.3 Å². The van der Waals surface area contributed by atoms with Crippen molar-refractivity contribution >= 4 is 0 Å². The van der Waals surface area contributed by atoms with Gasteiger partial charge in [-0.15, -0.1) is 0 Å². The zero-order chi connectivity index (χ0) is 20.8. The fourth-order valence-corrected chi connectivity index (χ4v) is 3.09. The van der Waals surface area contributed by atoms with Crippen LogP contribution in [-0.4, -0.2) is 48.2 Å². The molecule has 1 unspecified atom stereocenters. The number of aliphatic hydroxyl groups excluding tert-OH is 2. The minimum absolute atomic E-state index is 0. The summed E-state index contributed by atoms with van der Waals surface area (Å²) in [5.74, 6) is 0. The van der Waals surface area contributed by atoms with Crippen molar-refractivity contribution in [3.63, 3.8) is 0 Å². The highest BCUT2D eigenvalue weighted by Gasteiger charge is 2.20. The van der Waals surface area contributed by atoms with E-state index in [1.807, 2.05) is 6.92 Å². The van der Waals surface area contributed by atoms with E-state index < -0.39 is 0 Å². The van der Waals surface area contributed by atoms with E-state index in [0.29, 0.717) is 6.61 Å². The van der Waals surface area contributed by atoms with Crippen LogP contribution in [0.4, 0.5) is 0 Å². The first-order valence-electron chi connectivity index (χ1n) is 12.0. The smallest absolute Gasteiger partial charge is 0.187 e. The average Bonchev–Trinajstić information content (AvgIpc) is 2.63. The van der Waals surface area contributed by atoms with Crippen LogP contribution in [0.5, 0.6) is 0 Å². The van der Waals surface area contributed by atoms with Crippen LogP contribution in [0.1, 0.15) is 124 Å². The van der Waals surface area contributed by atoms with Gasteiger partial charge < -0.3 is 27.1 Å². The van der Waals surface area contributed by atoms with E-state index in [1.54, 1.807) is 0 Å². The standard InChI is InChI=1S/C16H36NO.C8H18O.ClH/c1-5-6-7-8-9-10-11-12-13-14-15-17(3,4)16(2)18;1-2-3-4-5-6-7-8-9;/h16,18H,5-15H2,1-4H3;9H,2-8H2,1H3;1H/q+1;;/p-1. The highest BCUT2D eigenvalue weighted by Crippen LogP contribution is 2.12. The highest BCUT2D eigenvalue weighted by atomic mass is 35.5. The summed E-state index contributed by atoms with van der Waals surface area (Å²) in [6.45, 7) is 7.83. The normalized spacial score (nSPS) is 12.1. The fourth-order valence-electron chi connectivity index (χ4n) is 3.09. The molecule has 0 amide bonds. The molecular formula is C24H54ClNO2. The minimum Gasteiger partial charge on any atom is -1.00 e. The van der Waals surface area contributed by atoms with Gasteiger partial charge in [-0.2, -0.15) is 0 Å². The number of quaternary nitrogens is 1. The van der Waals surface area contributed by atoms with Gasteiger partial charge in [0.25, 0.3) is 0 Å². The summed E-state index contributed by atoms with van der Waals surface area (Å²) in [4.78, 5) is 0. The Bertz CT molecular complexity index is 267. The topological polar surface area (TPSA) is 40.5 Å². The van der Waals surface area contributed by atoms with Crippen LogP contribution < -0.4 is 12.4 Å². The molecule has 2 N–H and O–H groups in total. The number of aliphatic hydroxyl groups is 2. The van der Waals surface area contributed by atoms with Crippen molar-refractivity contribution in [3.05, 3.63) is 0 Å². The summed E-state index contributed by atoms with van der Waals surface area (Å²) in [5.41, 5.74) is 0. The van der Waals surface area contributed by atoms with Crippen LogP contribution in [0, 0.1) is 0 Å². The van der Waals surface area contributed by atoms with Gasteiger partial charge in [0.2, 0.25) is 0 Å². The van der Waals surface area contributed by atoms with Gasteiger partial charge in [-0.05, 0) is 19.3 Å². The Kier molecular flexibility index (Phi) is 29.6. The van der Waals surface area contributed by atoms with E-state index in [-0.39, 0.29) is 18.6 Å². The van der Waals surface area contributed by atoms with Gasteiger partial charge in [0.15, 0.2) is 6.23 Å². The monoisotopic (exact) mass is 423 g/mol. The molecule has 3 nitrogen and oxygen atoms in total. The van der Waals surface area contributed by atoms with E-state index in [4.69, 9.17) is 5.11 Å². The Hall–Kier alpha value is 0.170. The van der Waals surface area contributed by atoms with Gasteiger partial charge in [0.05, 0.1) is 20.6 Å². The third-order valence-electron chi connectivity index (χ3n) is 5.61. The first kappa shape index (κ1) is 32.8.